The van der Waals surface area contributed by atoms with Crippen LogP contribution in [0.4, 0.5) is 0 Å². The van der Waals surface area contributed by atoms with Crippen molar-refractivity contribution in [3.05, 3.63) is 70.5 Å². The average Bonchev–Trinajstić information content (AvgIpc) is 3.07. The predicted molar refractivity (Wildman–Crippen MR) is 84.5 cm³/mol. The van der Waals surface area contributed by atoms with E-state index < -0.39 is 0 Å². The predicted octanol–water partition coefficient (Wildman–Crippen LogP) is 2.35. The van der Waals surface area contributed by atoms with E-state index in [-0.39, 0.29) is 5.91 Å². The normalized spacial score (nSPS) is 10.4. The van der Waals surface area contributed by atoms with Crippen LogP contribution in [0.15, 0.2) is 59.3 Å². The van der Waals surface area contributed by atoms with Gasteiger partial charge in [0.25, 0.3) is 5.91 Å². The molecule has 2 aromatic carbocycles. The molecule has 1 N–H and O–H groups in total. The molecule has 0 unspecified atom stereocenters. The number of nitrogens with zero attached hydrogens (tertiary/aromatic N) is 4. The van der Waals surface area contributed by atoms with Gasteiger partial charge in [-0.1, -0.05) is 40.2 Å². The zero-order valence-corrected chi connectivity index (χ0v) is 13.1. The van der Waals surface area contributed by atoms with Gasteiger partial charge in [0, 0.05) is 11.0 Å². The van der Waals surface area contributed by atoms with Gasteiger partial charge in [0.2, 0.25) is 0 Å². The summed E-state index contributed by atoms with van der Waals surface area (Å²) in [5, 5.41) is 13.9. The Labute approximate surface area is 135 Å². The molecule has 0 aliphatic carbocycles. The smallest absolute Gasteiger partial charge is 0.253 e. The molecule has 0 aliphatic rings. The van der Waals surface area contributed by atoms with Crippen LogP contribution in [0, 0.1) is 0 Å². The lowest BCUT2D eigenvalue weighted by molar-refractivity contribution is 0.0950. The second kappa shape index (κ2) is 6.48. The molecule has 3 rings (SSSR count). The third-order valence-electron chi connectivity index (χ3n) is 3.09. The highest BCUT2D eigenvalue weighted by Crippen LogP contribution is 2.14. The van der Waals surface area contributed by atoms with Gasteiger partial charge in [-0.25, -0.2) is 0 Å². The highest BCUT2D eigenvalue weighted by Gasteiger charge is 2.12. The van der Waals surface area contributed by atoms with Crippen LogP contribution in [0.2, 0.25) is 0 Å². The molecule has 0 saturated heterocycles. The number of amides is 1. The van der Waals surface area contributed by atoms with E-state index >= 15 is 0 Å². The van der Waals surface area contributed by atoms with Crippen molar-refractivity contribution < 1.29 is 4.79 Å². The number of carbonyl (C=O) groups excluding carboxylic acids is 1. The van der Waals surface area contributed by atoms with Gasteiger partial charge < -0.3 is 5.32 Å². The minimum absolute atomic E-state index is 0.175. The molecule has 22 heavy (non-hydrogen) atoms. The van der Waals surface area contributed by atoms with Gasteiger partial charge >= 0.3 is 0 Å². The quantitative estimate of drug-likeness (QED) is 0.777. The van der Waals surface area contributed by atoms with Crippen molar-refractivity contribution in [2.24, 2.45) is 0 Å². The number of benzene rings is 2. The molecule has 1 amide bonds. The maximum absolute atomic E-state index is 12.4. The van der Waals surface area contributed by atoms with Crippen LogP contribution in [-0.2, 0) is 6.54 Å². The third-order valence-corrected chi connectivity index (χ3v) is 3.58. The van der Waals surface area contributed by atoms with Crippen LogP contribution in [0.5, 0.6) is 0 Å². The summed E-state index contributed by atoms with van der Waals surface area (Å²) >= 11 is 3.41. The van der Waals surface area contributed by atoms with E-state index in [4.69, 9.17) is 0 Å². The Hall–Kier alpha value is -2.54. The molecule has 0 radical (unpaired) electrons. The van der Waals surface area contributed by atoms with Gasteiger partial charge in [-0.05, 0) is 40.3 Å². The van der Waals surface area contributed by atoms with Crippen molar-refractivity contribution in [2.75, 3.05) is 0 Å². The molecule has 6 nitrogen and oxygen atoms in total. The zero-order chi connectivity index (χ0) is 15.4. The Kier molecular flexibility index (Phi) is 4.24. The molecular weight excluding hydrogens is 346 g/mol. The Morgan fingerprint density at radius 1 is 1.18 bits per heavy atom. The van der Waals surface area contributed by atoms with Gasteiger partial charge in [0.15, 0.2) is 0 Å². The fourth-order valence-electron chi connectivity index (χ4n) is 2.06. The molecule has 0 fully saturated rings. The fraction of sp³-hybridized carbons (Fsp3) is 0.0667. The van der Waals surface area contributed by atoms with Crippen molar-refractivity contribution >= 4 is 21.8 Å². The zero-order valence-electron chi connectivity index (χ0n) is 11.5. The van der Waals surface area contributed by atoms with Crippen LogP contribution in [0.1, 0.15) is 15.9 Å². The van der Waals surface area contributed by atoms with Gasteiger partial charge in [-0.15, -0.1) is 5.10 Å². The number of tetrazole rings is 1. The molecule has 1 aromatic heterocycles. The van der Waals surface area contributed by atoms with Gasteiger partial charge in [-0.2, -0.15) is 4.68 Å². The summed E-state index contributed by atoms with van der Waals surface area (Å²) in [5.74, 6) is -0.175. The second-order valence-corrected chi connectivity index (χ2v) is 5.50. The van der Waals surface area contributed by atoms with E-state index in [9.17, 15) is 4.79 Å². The monoisotopic (exact) mass is 357 g/mol. The lowest BCUT2D eigenvalue weighted by Gasteiger charge is -2.09. The number of carbonyl (C=O) groups is 1. The van der Waals surface area contributed by atoms with Gasteiger partial charge in [-0.3, -0.25) is 4.79 Å². The molecule has 0 spiro atoms. The molecule has 3 aromatic rings. The topological polar surface area (TPSA) is 72.7 Å². The summed E-state index contributed by atoms with van der Waals surface area (Å²) in [6.07, 6.45) is 1.46. The first-order chi connectivity index (χ1) is 10.7. The average molecular weight is 358 g/mol. The van der Waals surface area contributed by atoms with E-state index in [1.165, 1.54) is 11.0 Å². The third kappa shape index (κ3) is 3.20. The lowest BCUT2D eigenvalue weighted by atomic mass is 10.1. The standard InChI is InChI=1S/C15H12BrN5O/c16-12-5-3-4-11(8-12)9-17-15(22)13-6-1-2-7-14(13)21-10-18-19-20-21/h1-8,10H,9H2,(H,17,22). The van der Waals surface area contributed by atoms with Crippen molar-refractivity contribution in [1.82, 2.24) is 25.5 Å². The number of nitrogens with one attached hydrogen (secondary N) is 1. The number of hydrogen-bond acceptors (Lipinski definition) is 4. The fourth-order valence-corrected chi connectivity index (χ4v) is 2.51. The number of para-hydroxylation sites is 1. The SMILES string of the molecule is O=C(NCc1cccc(Br)c1)c1ccccc1-n1cnnn1. The first-order valence-corrected chi connectivity index (χ1v) is 7.38. The number of rotatable bonds is 4. The Morgan fingerprint density at radius 3 is 2.82 bits per heavy atom. The number of halogens is 1. The molecule has 0 atom stereocenters. The van der Waals surface area contributed by atoms with Crippen LogP contribution in [0.3, 0.4) is 0 Å². The summed E-state index contributed by atoms with van der Waals surface area (Å²) in [6.45, 7) is 0.447. The van der Waals surface area contributed by atoms with Crippen molar-refractivity contribution in [1.29, 1.82) is 0 Å². The Balaban J connectivity index is 1.78. The van der Waals surface area contributed by atoms with Crippen LogP contribution >= 0.6 is 15.9 Å². The number of hydrogen-bond donors (Lipinski definition) is 1. The maximum Gasteiger partial charge on any atom is 0.253 e. The van der Waals surface area contributed by atoms with Crippen molar-refractivity contribution in [3.8, 4) is 5.69 Å². The highest BCUT2D eigenvalue weighted by molar-refractivity contribution is 9.10. The first-order valence-electron chi connectivity index (χ1n) is 6.59. The molecule has 7 heteroatoms. The largest absolute Gasteiger partial charge is 0.348 e. The van der Waals surface area contributed by atoms with Crippen molar-refractivity contribution in [3.63, 3.8) is 0 Å². The summed E-state index contributed by atoms with van der Waals surface area (Å²) in [5.41, 5.74) is 2.17. The molecule has 1 heterocycles. The first kappa shape index (κ1) is 14.4. The lowest BCUT2D eigenvalue weighted by Crippen LogP contribution is -2.24. The van der Waals surface area contributed by atoms with Crippen LogP contribution in [-0.4, -0.2) is 26.1 Å². The minimum atomic E-state index is -0.175. The summed E-state index contributed by atoms with van der Waals surface area (Å²) in [7, 11) is 0. The van der Waals surface area contributed by atoms with Gasteiger partial charge in [0.1, 0.15) is 6.33 Å². The van der Waals surface area contributed by atoms with E-state index in [1.807, 2.05) is 36.4 Å². The molecule has 0 bridgehead atoms. The summed E-state index contributed by atoms with van der Waals surface area (Å²) < 4.78 is 2.45. The molecular formula is C15H12BrN5O. The highest BCUT2D eigenvalue weighted by atomic mass is 79.9. The minimum Gasteiger partial charge on any atom is -0.348 e. The summed E-state index contributed by atoms with van der Waals surface area (Å²) in [4.78, 5) is 12.4. The Bertz CT molecular complexity index is 788. The van der Waals surface area contributed by atoms with Crippen molar-refractivity contribution in [2.45, 2.75) is 6.54 Å². The van der Waals surface area contributed by atoms with E-state index in [0.29, 0.717) is 17.8 Å². The molecule has 110 valence electrons. The van der Waals surface area contributed by atoms with Crippen LogP contribution < -0.4 is 5.32 Å². The summed E-state index contributed by atoms with van der Waals surface area (Å²) in [6, 6.07) is 15.0. The second-order valence-electron chi connectivity index (χ2n) is 4.58. The van der Waals surface area contributed by atoms with E-state index in [2.05, 4.69) is 36.8 Å². The molecule has 0 saturated carbocycles. The van der Waals surface area contributed by atoms with E-state index in [1.54, 1.807) is 12.1 Å². The van der Waals surface area contributed by atoms with Crippen LogP contribution in [0.25, 0.3) is 5.69 Å². The Morgan fingerprint density at radius 2 is 2.05 bits per heavy atom. The van der Waals surface area contributed by atoms with Gasteiger partial charge in [0.05, 0.1) is 11.3 Å². The molecule has 0 aliphatic heterocycles. The number of aromatic nitrogens is 4. The van der Waals surface area contributed by atoms with E-state index in [0.717, 1.165) is 10.0 Å². The maximum atomic E-state index is 12.4.